The maximum Gasteiger partial charge on any atom is 0.224 e. The standard InChI is InChI=1S/C16H20BrFN6/c1-23(2)14-5-6-19-16(22-14)21-12-4-3-7-24(10-12)15-13(18)8-11(17)9-20-15/h5-6,8-9,12H,3-4,7,10H2,1-2H3,(H,19,21,22). The van der Waals surface area contributed by atoms with Crippen LogP contribution in [-0.4, -0.2) is 48.2 Å². The second kappa shape index (κ2) is 7.29. The number of piperidine rings is 1. The molecular weight excluding hydrogens is 375 g/mol. The first kappa shape index (κ1) is 16.9. The van der Waals surface area contributed by atoms with Crippen molar-refractivity contribution in [3.63, 3.8) is 0 Å². The summed E-state index contributed by atoms with van der Waals surface area (Å²) in [6.45, 7) is 1.46. The summed E-state index contributed by atoms with van der Waals surface area (Å²) in [5.41, 5.74) is 0. The molecule has 24 heavy (non-hydrogen) atoms. The summed E-state index contributed by atoms with van der Waals surface area (Å²) in [5, 5.41) is 3.36. The number of rotatable bonds is 4. The lowest BCUT2D eigenvalue weighted by molar-refractivity contribution is 0.511. The molecule has 0 aliphatic carbocycles. The predicted molar refractivity (Wildman–Crippen MR) is 97.1 cm³/mol. The largest absolute Gasteiger partial charge is 0.363 e. The van der Waals surface area contributed by atoms with Gasteiger partial charge in [0.05, 0.1) is 0 Å². The summed E-state index contributed by atoms with van der Waals surface area (Å²) < 4.78 is 14.8. The normalized spacial score (nSPS) is 17.7. The minimum Gasteiger partial charge on any atom is -0.363 e. The van der Waals surface area contributed by atoms with Crippen LogP contribution >= 0.6 is 15.9 Å². The fraction of sp³-hybridized carbons (Fsp3) is 0.438. The Hall–Kier alpha value is -1.96. The summed E-state index contributed by atoms with van der Waals surface area (Å²) in [5.74, 6) is 1.53. The van der Waals surface area contributed by atoms with Gasteiger partial charge in [0.1, 0.15) is 5.82 Å². The van der Waals surface area contributed by atoms with Crippen molar-refractivity contribution in [1.29, 1.82) is 0 Å². The van der Waals surface area contributed by atoms with Crippen LogP contribution < -0.4 is 15.1 Å². The number of aromatic nitrogens is 3. The third kappa shape index (κ3) is 3.92. The summed E-state index contributed by atoms with van der Waals surface area (Å²) in [6.07, 6.45) is 5.31. The van der Waals surface area contributed by atoms with Gasteiger partial charge in [-0.25, -0.2) is 14.4 Å². The van der Waals surface area contributed by atoms with Gasteiger partial charge in [0, 0.05) is 50.1 Å². The minimum atomic E-state index is -0.309. The van der Waals surface area contributed by atoms with E-state index in [4.69, 9.17) is 0 Å². The van der Waals surface area contributed by atoms with Gasteiger partial charge in [-0.2, -0.15) is 4.98 Å². The Labute approximate surface area is 149 Å². The third-order valence-corrected chi connectivity index (χ3v) is 4.38. The first-order valence-corrected chi connectivity index (χ1v) is 8.65. The molecule has 1 atom stereocenters. The van der Waals surface area contributed by atoms with Crippen LogP contribution in [0.5, 0.6) is 0 Å². The van der Waals surface area contributed by atoms with E-state index in [1.54, 1.807) is 12.4 Å². The van der Waals surface area contributed by atoms with Gasteiger partial charge in [0.2, 0.25) is 5.95 Å². The zero-order chi connectivity index (χ0) is 17.1. The molecule has 6 nitrogen and oxygen atoms in total. The lowest BCUT2D eigenvalue weighted by atomic mass is 10.1. The molecule has 3 rings (SSSR count). The number of nitrogens with zero attached hydrogens (tertiary/aromatic N) is 5. The molecule has 0 saturated carbocycles. The van der Waals surface area contributed by atoms with E-state index >= 15 is 0 Å². The highest BCUT2D eigenvalue weighted by Gasteiger charge is 2.23. The lowest BCUT2D eigenvalue weighted by Crippen LogP contribution is -2.43. The molecule has 0 bridgehead atoms. The van der Waals surface area contributed by atoms with Crippen molar-refractivity contribution in [3.05, 3.63) is 34.8 Å². The van der Waals surface area contributed by atoms with Crippen LogP contribution in [0, 0.1) is 5.82 Å². The molecular formula is C16H20BrFN6. The molecule has 0 amide bonds. The zero-order valence-electron chi connectivity index (χ0n) is 13.7. The second-order valence-electron chi connectivity index (χ2n) is 6.02. The first-order valence-electron chi connectivity index (χ1n) is 7.86. The van der Waals surface area contributed by atoms with Crippen LogP contribution in [0.15, 0.2) is 29.0 Å². The van der Waals surface area contributed by atoms with Gasteiger partial charge in [-0.05, 0) is 40.9 Å². The van der Waals surface area contributed by atoms with Crippen molar-refractivity contribution in [2.45, 2.75) is 18.9 Å². The molecule has 8 heteroatoms. The molecule has 0 aromatic carbocycles. The van der Waals surface area contributed by atoms with Gasteiger partial charge in [-0.15, -0.1) is 0 Å². The fourth-order valence-electron chi connectivity index (χ4n) is 2.78. The van der Waals surface area contributed by atoms with Gasteiger partial charge in [0.15, 0.2) is 11.6 Å². The summed E-state index contributed by atoms with van der Waals surface area (Å²) in [6, 6.07) is 3.46. The van der Waals surface area contributed by atoms with Crippen molar-refractivity contribution in [2.24, 2.45) is 0 Å². The molecule has 1 aliphatic heterocycles. The monoisotopic (exact) mass is 394 g/mol. The van der Waals surface area contributed by atoms with Gasteiger partial charge in [-0.3, -0.25) is 0 Å². The summed E-state index contributed by atoms with van der Waals surface area (Å²) in [7, 11) is 3.88. The Morgan fingerprint density at radius 1 is 1.38 bits per heavy atom. The van der Waals surface area contributed by atoms with E-state index in [9.17, 15) is 4.39 Å². The van der Waals surface area contributed by atoms with Gasteiger partial charge in [0.25, 0.3) is 0 Å². The molecule has 3 heterocycles. The van der Waals surface area contributed by atoms with E-state index in [2.05, 4.69) is 36.2 Å². The molecule has 1 saturated heterocycles. The SMILES string of the molecule is CN(C)c1ccnc(NC2CCCN(c3ncc(Br)cc3F)C2)n1. The lowest BCUT2D eigenvalue weighted by Gasteiger charge is -2.34. The maximum absolute atomic E-state index is 14.1. The third-order valence-electron chi connectivity index (χ3n) is 3.94. The zero-order valence-corrected chi connectivity index (χ0v) is 15.3. The second-order valence-corrected chi connectivity index (χ2v) is 6.94. The summed E-state index contributed by atoms with van der Waals surface area (Å²) >= 11 is 3.24. The van der Waals surface area contributed by atoms with E-state index in [1.165, 1.54) is 6.07 Å². The Morgan fingerprint density at radius 3 is 2.96 bits per heavy atom. The van der Waals surface area contributed by atoms with E-state index in [0.29, 0.717) is 22.8 Å². The average molecular weight is 395 g/mol. The Bertz CT molecular complexity index is 711. The molecule has 1 N–H and O–H groups in total. The van der Waals surface area contributed by atoms with Crippen molar-refractivity contribution in [3.8, 4) is 0 Å². The van der Waals surface area contributed by atoms with Crippen LogP contribution in [0.3, 0.4) is 0 Å². The fourth-order valence-corrected chi connectivity index (χ4v) is 3.08. The van der Waals surface area contributed by atoms with Gasteiger partial charge >= 0.3 is 0 Å². The minimum absolute atomic E-state index is 0.154. The topological polar surface area (TPSA) is 57.2 Å². The molecule has 0 spiro atoms. The van der Waals surface area contributed by atoms with Crippen LogP contribution in [0.1, 0.15) is 12.8 Å². The van der Waals surface area contributed by atoms with Crippen molar-refractivity contribution in [2.75, 3.05) is 42.3 Å². The van der Waals surface area contributed by atoms with Crippen LogP contribution in [0.25, 0.3) is 0 Å². The Morgan fingerprint density at radius 2 is 2.21 bits per heavy atom. The maximum atomic E-state index is 14.1. The van der Waals surface area contributed by atoms with E-state index in [-0.39, 0.29) is 11.9 Å². The highest BCUT2D eigenvalue weighted by molar-refractivity contribution is 9.10. The van der Waals surface area contributed by atoms with E-state index in [1.807, 2.05) is 30.0 Å². The van der Waals surface area contributed by atoms with E-state index in [0.717, 1.165) is 25.2 Å². The quantitative estimate of drug-likeness (QED) is 0.859. The predicted octanol–water partition coefficient (Wildman–Crippen LogP) is 2.92. The molecule has 2 aromatic heterocycles. The number of pyridine rings is 1. The van der Waals surface area contributed by atoms with Gasteiger partial charge in [-0.1, -0.05) is 0 Å². The van der Waals surface area contributed by atoms with Crippen molar-refractivity contribution < 1.29 is 4.39 Å². The molecule has 2 aromatic rings. The Kier molecular flexibility index (Phi) is 5.13. The number of hydrogen-bond donors (Lipinski definition) is 1. The van der Waals surface area contributed by atoms with Gasteiger partial charge < -0.3 is 15.1 Å². The summed E-state index contributed by atoms with van der Waals surface area (Å²) in [4.78, 5) is 16.9. The highest BCUT2D eigenvalue weighted by atomic mass is 79.9. The number of hydrogen-bond acceptors (Lipinski definition) is 6. The van der Waals surface area contributed by atoms with Crippen LogP contribution in [0.4, 0.5) is 22.0 Å². The molecule has 1 fully saturated rings. The smallest absolute Gasteiger partial charge is 0.224 e. The molecule has 0 radical (unpaired) electrons. The number of halogens is 2. The Balaban J connectivity index is 1.70. The molecule has 1 unspecified atom stereocenters. The van der Waals surface area contributed by atoms with Crippen LogP contribution in [0.2, 0.25) is 0 Å². The van der Waals surface area contributed by atoms with Crippen molar-refractivity contribution in [1.82, 2.24) is 15.0 Å². The number of anilines is 3. The van der Waals surface area contributed by atoms with E-state index < -0.39 is 0 Å². The first-order chi connectivity index (χ1) is 11.5. The average Bonchev–Trinajstić information content (AvgIpc) is 2.55. The molecule has 128 valence electrons. The van der Waals surface area contributed by atoms with Crippen molar-refractivity contribution >= 4 is 33.5 Å². The number of nitrogens with one attached hydrogen (secondary N) is 1. The molecule has 1 aliphatic rings. The highest BCUT2D eigenvalue weighted by Crippen LogP contribution is 2.24. The van der Waals surface area contributed by atoms with Crippen LogP contribution in [-0.2, 0) is 0 Å².